The lowest BCUT2D eigenvalue weighted by molar-refractivity contribution is -0.120. The van der Waals surface area contributed by atoms with E-state index < -0.39 is 15.9 Å². The Balaban J connectivity index is 1.57. The number of carbonyl (C=O) groups is 1. The molecular weight excluding hydrogens is 422 g/mol. The molecule has 30 heavy (non-hydrogen) atoms. The SMILES string of the molecule is Cc1ccc(Cl)cc1NC(=O)[C@H]1CCCN(S(=O)(=O)c2cccc3cccnc23)C1. The van der Waals surface area contributed by atoms with E-state index in [0.29, 0.717) is 35.6 Å². The minimum Gasteiger partial charge on any atom is -0.326 e. The van der Waals surface area contributed by atoms with Gasteiger partial charge in [0.05, 0.1) is 11.4 Å². The molecule has 156 valence electrons. The number of piperidine rings is 1. The molecule has 0 unspecified atom stereocenters. The number of halogens is 1. The minimum atomic E-state index is -3.77. The summed E-state index contributed by atoms with van der Waals surface area (Å²) in [5.74, 6) is -0.633. The van der Waals surface area contributed by atoms with Gasteiger partial charge in [-0.05, 0) is 49.6 Å². The number of para-hydroxylation sites is 1. The molecule has 8 heteroatoms. The second kappa shape index (κ2) is 8.34. The van der Waals surface area contributed by atoms with Crippen LogP contribution in [0.1, 0.15) is 18.4 Å². The van der Waals surface area contributed by atoms with E-state index in [4.69, 9.17) is 11.6 Å². The Hall–Kier alpha value is -2.48. The highest BCUT2D eigenvalue weighted by Gasteiger charge is 2.34. The van der Waals surface area contributed by atoms with Gasteiger partial charge in [0.15, 0.2) is 0 Å². The van der Waals surface area contributed by atoms with Gasteiger partial charge in [0.2, 0.25) is 15.9 Å². The van der Waals surface area contributed by atoms with Crippen LogP contribution in [0, 0.1) is 12.8 Å². The van der Waals surface area contributed by atoms with Gasteiger partial charge in [-0.15, -0.1) is 0 Å². The Bertz CT molecular complexity index is 1210. The fourth-order valence-electron chi connectivity index (χ4n) is 3.76. The lowest BCUT2D eigenvalue weighted by Gasteiger charge is -2.31. The Labute approximate surface area is 180 Å². The third kappa shape index (κ3) is 4.05. The number of nitrogens with one attached hydrogen (secondary N) is 1. The van der Waals surface area contributed by atoms with Gasteiger partial charge in [-0.25, -0.2) is 8.42 Å². The summed E-state index contributed by atoms with van der Waals surface area (Å²) in [6.07, 6.45) is 2.83. The maximum atomic E-state index is 13.4. The molecule has 1 aromatic heterocycles. The highest BCUT2D eigenvalue weighted by Crippen LogP contribution is 2.29. The highest BCUT2D eigenvalue weighted by atomic mass is 35.5. The van der Waals surface area contributed by atoms with E-state index in [1.165, 1.54) is 4.31 Å². The topological polar surface area (TPSA) is 79.4 Å². The van der Waals surface area contributed by atoms with E-state index in [1.807, 2.05) is 25.1 Å². The van der Waals surface area contributed by atoms with Crippen molar-refractivity contribution in [3.63, 3.8) is 0 Å². The average molecular weight is 444 g/mol. The van der Waals surface area contributed by atoms with E-state index >= 15 is 0 Å². The largest absolute Gasteiger partial charge is 0.326 e. The minimum absolute atomic E-state index is 0.136. The molecule has 4 rings (SSSR count). The number of aryl methyl sites for hydroxylation is 1. The van der Waals surface area contributed by atoms with Gasteiger partial charge >= 0.3 is 0 Å². The number of anilines is 1. The molecule has 0 spiro atoms. The first-order valence-electron chi connectivity index (χ1n) is 9.77. The molecule has 6 nitrogen and oxygen atoms in total. The molecule has 0 aliphatic carbocycles. The third-order valence-electron chi connectivity index (χ3n) is 5.43. The van der Waals surface area contributed by atoms with Crippen LogP contribution in [-0.2, 0) is 14.8 Å². The highest BCUT2D eigenvalue weighted by molar-refractivity contribution is 7.89. The van der Waals surface area contributed by atoms with Crippen molar-refractivity contribution >= 4 is 44.1 Å². The van der Waals surface area contributed by atoms with Crippen LogP contribution in [0.15, 0.2) is 59.6 Å². The second-order valence-corrected chi connectivity index (χ2v) is 9.82. The first-order valence-corrected chi connectivity index (χ1v) is 11.6. The monoisotopic (exact) mass is 443 g/mol. The zero-order valence-electron chi connectivity index (χ0n) is 16.5. The molecule has 1 saturated heterocycles. The number of amides is 1. The van der Waals surface area contributed by atoms with Gasteiger partial charge in [0.25, 0.3) is 0 Å². The molecule has 0 bridgehead atoms. The number of pyridine rings is 1. The van der Waals surface area contributed by atoms with Crippen molar-refractivity contribution in [2.24, 2.45) is 5.92 Å². The van der Waals surface area contributed by atoms with Crippen molar-refractivity contribution in [3.8, 4) is 0 Å². The molecule has 1 N–H and O–H groups in total. The standard InChI is InChI=1S/C22H22ClN3O3S/c1-15-9-10-18(23)13-19(15)25-22(27)17-7-4-12-26(14-17)30(28,29)20-8-2-5-16-6-3-11-24-21(16)20/h2-3,5-6,8-11,13,17H,4,7,12,14H2,1H3,(H,25,27)/t17-/m0/s1. The smallest absolute Gasteiger partial charge is 0.245 e. The van der Waals surface area contributed by atoms with Crippen LogP contribution in [0.4, 0.5) is 5.69 Å². The summed E-state index contributed by atoms with van der Waals surface area (Å²) in [5.41, 5.74) is 1.99. The van der Waals surface area contributed by atoms with Crippen LogP contribution >= 0.6 is 11.6 Å². The van der Waals surface area contributed by atoms with Crippen LogP contribution in [0.25, 0.3) is 10.9 Å². The van der Waals surface area contributed by atoms with E-state index in [0.717, 1.165) is 10.9 Å². The van der Waals surface area contributed by atoms with Gasteiger partial charge in [-0.2, -0.15) is 4.31 Å². The number of fused-ring (bicyclic) bond motifs is 1. The summed E-state index contributed by atoms with van der Waals surface area (Å²) in [7, 11) is -3.77. The molecule has 1 fully saturated rings. The normalized spacial score (nSPS) is 17.7. The fraction of sp³-hybridized carbons (Fsp3) is 0.273. The maximum Gasteiger partial charge on any atom is 0.245 e. The van der Waals surface area contributed by atoms with Crippen molar-refractivity contribution < 1.29 is 13.2 Å². The van der Waals surface area contributed by atoms with E-state index in [9.17, 15) is 13.2 Å². The van der Waals surface area contributed by atoms with Crippen molar-refractivity contribution in [3.05, 3.63) is 65.3 Å². The predicted octanol–water partition coefficient (Wildman–Crippen LogP) is 4.24. The molecule has 2 aromatic carbocycles. The van der Waals surface area contributed by atoms with Crippen LogP contribution < -0.4 is 5.32 Å². The number of rotatable bonds is 4. The number of hydrogen-bond acceptors (Lipinski definition) is 4. The molecule has 2 heterocycles. The first-order chi connectivity index (χ1) is 14.4. The molecule has 1 aliphatic heterocycles. The summed E-state index contributed by atoms with van der Waals surface area (Å²) in [4.78, 5) is 17.3. The predicted molar refractivity (Wildman–Crippen MR) is 118 cm³/mol. The van der Waals surface area contributed by atoms with Gasteiger partial charge in [-0.1, -0.05) is 35.9 Å². The number of carbonyl (C=O) groups excluding carboxylic acids is 1. The molecule has 0 radical (unpaired) electrons. The van der Waals surface area contributed by atoms with Crippen molar-refractivity contribution in [2.75, 3.05) is 18.4 Å². The quantitative estimate of drug-likeness (QED) is 0.654. The Kier molecular flexibility index (Phi) is 5.77. The molecule has 1 atom stereocenters. The van der Waals surface area contributed by atoms with Gasteiger partial charge < -0.3 is 5.32 Å². The van der Waals surface area contributed by atoms with Crippen LogP contribution in [0.5, 0.6) is 0 Å². The second-order valence-electron chi connectivity index (χ2n) is 7.48. The van der Waals surface area contributed by atoms with E-state index in [2.05, 4.69) is 10.3 Å². The Morgan fingerprint density at radius 1 is 1.20 bits per heavy atom. The summed E-state index contributed by atoms with van der Waals surface area (Å²) < 4.78 is 28.1. The van der Waals surface area contributed by atoms with Crippen LogP contribution in [-0.4, -0.2) is 36.7 Å². The zero-order valence-corrected chi connectivity index (χ0v) is 18.1. The molecule has 1 amide bonds. The number of nitrogens with zero attached hydrogens (tertiary/aromatic N) is 2. The number of aromatic nitrogens is 1. The molecule has 0 saturated carbocycles. The first kappa shape index (κ1) is 20.8. The van der Waals surface area contributed by atoms with Crippen molar-refractivity contribution in [2.45, 2.75) is 24.7 Å². The van der Waals surface area contributed by atoms with Gasteiger partial charge in [0, 0.05) is 35.4 Å². The average Bonchev–Trinajstić information content (AvgIpc) is 2.76. The van der Waals surface area contributed by atoms with Gasteiger partial charge in [0.1, 0.15) is 4.90 Å². The van der Waals surface area contributed by atoms with Crippen molar-refractivity contribution in [1.82, 2.24) is 9.29 Å². The summed E-state index contributed by atoms with van der Waals surface area (Å²) in [5, 5.41) is 4.20. The lowest BCUT2D eigenvalue weighted by atomic mass is 9.98. The van der Waals surface area contributed by atoms with Gasteiger partial charge in [-0.3, -0.25) is 9.78 Å². The summed E-state index contributed by atoms with van der Waals surface area (Å²) >= 11 is 6.04. The van der Waals surface area contributed by atoms with E-state index in [-0.39, 0.29) is 17.3 Å². The zero-order chi connectivity index (χ0) is 21.3. The summed E-state index contributed by atoms with van der Waals surface area (Å²) in [6, 6.07) is 14.0. The fourth-order valence-corrected chi connectivity index (χ4v) is 5.62. The summed E-state index contributed by atoms with van der Waals surface area (Å²) in [6.45, 7) is 2.40. The molecule has 3 aromatic rings. The van der Waals surface area contributed by atoms with E-state index in [1.54, 1.807) is 36.5 Å². The Morgan fingerprint density at radius 2 is 2.00 bits per heavy atom. The number of sulfonamides is 1. The van der Waals surface area contributed by atoms with Crippen molar-refractivity contribution in [1.29, 1.82) is 0 Å². The number of hydrogen-bond donors (Lipinski definition) is 1. The lowest BCUT2D eigenvalue weighted by Crippen LogP contribution is -2.43. The Morgan fingerprint density at radius 3 is 2.83 bits per heavy atom. The maximum absolute atomic E-state index is 13.4. The molecule has 1 aliphatic rings. The number of benzene rings is 2. The van der Waals surface area contributed by atoms with Crippen LogP contribution in [0.3, 0.4) is 0 Å². The van der Waals surface area contributed by atoms with Crippen LogP contribution in [0.2, 0.25) is 5.02 Å². The third-order valence-corrected chi connectivity index (χ3v) is 7.56. The molecular formula is C22H22ClN3O3S.